The highest BCUT2D eigenvalue weighted by Gasteiger charge is 2.24. The predicted molar refractivity (Wildman–Crippen MR) is 125 cm³/mol. The number of benzene rings is 2. The van der Waals surface area contributed by atoms with Crippen molar-refractivity contribution in [2.45, 2.75) is 25.2 Å². The molecule has 7 heteroatoms. The van der Waals surface area contributed by atoms with Crippen LogP contribution in [-0.2, 0) is 9.84 Å². The largest absolute Gasteiger partial charge is 0.340 e. The van der Waals surface area contributed by atoms with E-state index in [0.717, 1.165) is 16.9 Å². The molecule has 5 rings (SSSR count). The Hall–Kier alpha value is -2.93. The fourth-order valence-electron chi connectivity index (χ4n) is 4.04. The molecular formula is C24H26N4O2S. The average molecular weight is 435 g/mol. The number of hydrogen-bond donors (Lipinski definition) is 1. The zero-order chi connectivity index (χ0) is 21.3. The molecule has 0 unspecified atom stereocenters. The predicted octanol–water partition coefficient (Wildman–Crippen LogP) is 4.39. The van der Waals surface area contributed by atoms with Crippen LogP contribution < -0.4 is 10.2 Å². The van der Waals surface area contributed by atoms with Gasteiger partial charge < -0.3 is 10.2 Å². The van der Waals surface area contributed by atoms with Crippen molar-refractivity contribution in [3.63, 3.8) is 0 Å². The molecule has 2 heterocycles. The summed E-state index contributed by atoms with van der Waals surface area (Å²) in [5.74, 6) is 2.24. The summed E-state index contributed by atoms with van der Waals surface area (Å²) < 4.78 is 23.7. The molecule has 2 aromatic carbocycles. The topological polar surface area (TPSA) is 75.2 Å². The zero-order valence-corrected chi connectivity index (χ0v) is 18.2. The van der Waals surface area contributed by atoms with Crippen LogP contribution in [0.25, 0.3) is 11.3 Å². The number of rotatable bonds is 5. The van der Waals surface area contributed by atoms with Crippen molar-refractivity contribution >= 4 is 27.3 Å². The lowest BCUT2D eigenvalue weighted by molar-refractivity contribution is 0.420. The van der Waals surface area contributed by atoms with Gasteiger partial charge in [0.2, 0.25) is 5.95 Å². The van der Waals surface area contributed by atoms with Gasteiger partial charge in [0.15, 0.2) is 9.84 Å². The van der Waals surface area contributed by atoms with E-state index in [1.54, 1.807) is 0 Å². The second-order valence-corrected chi connectivity index (χ2v) is 10.6. The van der Waals surface area contributed by atoms with E-state index in [0.29, 0.717) is 30.8 Å². The second kappa shape index (κ2) is 8.30. The lowest BCUT2D eigenvalue weighted by Crippen LogP contribution is -2.41. The molecule has 0 radical (unpaired) electrons. The van der Waals surface area contributed by atoms with Gasteiger partial charge in [-0.3, -0.25) is 0 Å². The van der Waals surface area contributed by atoms with Gasteiger partial charge in [-0.25, -0.2) is 13.4 Å². The Morgan fingerprint density at radius 3 is 2.26 bits per heavy atom. The number of hydrogen-bond acceptors (Lipinski definition) is 6. The Bertz CT molecular complexity index is 1150. The molecule has 0 amide bonds. The van der Waals surface area contributed by atoms with E-state index in [1.165, 1.54) is 24.8 Å². The summed E-state index contributed by atoms with van der Waals surface area (Å²) in [7, 11) is -2.97. The van der Waals surface area contributed by atoms with Crippen molar-refractivity contribution in [3.05, 3.63) is 66.2 Å². The molecule has 0 atom stereocenters. The summed E-state index contributed by atoms with van der Waals surface area (Å²) in [5, 5.41) is 3.42. The molecule has 1 N–H and O–H groups in total. The normalized spacial score (nSPS) is 18.4. The minimum absolute atomic E-state index is 0.136. The fraction of sp³-hybridized carbons (Fsp3) is 0.333. The molecule has 2 fully saturated rings. The summed E-state index contributed by atoms with van der Waals surface area (Å²) in [4.78, 5) is 11.4. The summed E-state index contributed by atoms with van der Waals surface area (Å²) in [6.45, 7) is 0.826. The highest BCUT2D eigenvalue weighted by atomic mass is 32.2. The molecule has 160 valence electrons. The monoisotopic (exact) mass is 434 g/mol. The van der Waals surface area contributed by atoms with Gasteiger partial charge in [-0.05, 0) is 36.5 Å². The highest BCUT2D eigenvalue weighted by Crippen LogP contribution is 2.36. The summed E-state index contributed by atoms with van der Waals surface area (Å²) >= 11 is 0. The molecule has 2 aliphatic rings. The molecule has 0 spiro atoms. The van der Waals surface area contributed by atoms with E-state index < -0.39 is 9.84 Å². The Morgan fingerprint density at radius 1 is 0.903 bits per heavy atom. The molecule has 6 nitrogen and oxygen atoms in total. The van der Waals surface area contributed by atoms with E-state index >= 15 is 0 Å². The minimum atomic E-state index is -2.97. The Morgan fingerprint density at radius 2 is 1.61 bits per heavy atom. The standard InChI is InChI=1S/C24H26N4O2S/c29-31(30)15-13-28(14-16-31)24-26-22(20-5-2-1-3-6-20)17-23(27-24)25-21-11-9-19(10-12-21)18-7-4-8-18/h1-3,5-6,9-12,17-18H,4,7-8,13-16H2,(H,25,26,27). The van der Waals surface area contributed by atoms with Crippen LogP contribution >= 0.6 is 0 Å². The van der Waals surface area contributed by atoms with E-state index in [4.69, 9.17) is 9.97 Å². The van der Waals surface area contributed by atoms with Crippen molar-refractivity contribution in [1.82, 2.24) is 9.97 Å². The van der Waals surface area contributed by atoms with Gasteiger partial charge in [0.1, 0.15) is 5.82 Å². The Balaban J connectivity index is 1.44. The van der Waals surface area contributed by atoms with Crippen LogP contribution in [0.1, 0.15) is 30.7 Å². The molecule has 1 aromatic heterocycles. The SMILES string of the molecule is O=S1(=O)CCN(c2nc(Nc3ccc(C4CCC4)cc3)cc(-c3ccccc3)n2)CC1. The summed E-state index contributed by atoms with van der Waals surface area (Å²) in [6.07, 6.45) is 3.90. The van der Waals surface area contributed by atoms with Gasteiger partial charge in [0, 0.05) is 30.4 Å². The van der Waals surface area contributed by atoms with E-state index in [1.807, 2.05) is 41.3 Å². The molecule has 1 aliphatic heterocycles. The van der Waals surface area contributed by atoms with Crippen LogP contribution in [0.2, 0.25) is 0 Å². The van der Waals surface area contributed by atoms with Crippen LogP contribution in [0.15, 0.2) is 60.7 Å². The van der Waals surface area contributed by atoms with Crippen LogP contribution in [0.3, 0.4) is 0 Å². The van der Waals surface area contributed by atoms with Crippen molar-refractivity contribution < 1.29 is 8.42 Å². The van der Waals surface area contributed by atoms with Crippen molar-refractivity contribution in [1.29, 1.82) is 0 Å². The van der Waals surface area contributed by atoms with Crippen molar-refractivity contribution in [2.75, 3.05) is 34.8 Å². The molecule has 1 saturated carbocycles. The Kier molecular flexibility index (Phi) is 5.36. The average Bonchev–Trinajstić information content (AvgIpc) is 2.74. The van der Waals surface area contributed by atoms with Gasteiger partial charge in [-0.1, -0.05) is 48.9 Å². The minimum Gasteiger partial charge on any atom is -0.340 e. The van der Waals surface area contributed by atoms with E-state index in [2.05, 4.69) is 29.6 Å². The maximum absolute atomic E-state index is 11.8. The smallest absolute Gasteiger partial charge is 0.227 e. The molecule has 1 aliphatic carbocycles. The second-order valence-electron chi connectivity index (χ2n) is 8.32. The third-order valence-corrected chi connectivity index (χ3v) is 7.78. The number of nitrogens with one attached hydrogen (secondary N) is 1. The zero-order valence-electron chi connectivity index (χ0n) is 17.4. The maximum atomic E-state index is 11.8. The molecule has 0 bridgehead atoms. The third kappa shape index (κ3) is 4.56. The number of aromatic nitrogens is 2. The van der Waals surface area contributed by atoms with Crippen LogP contribution in [0.4, 0.5) is 17.5 Å². The van der Waals surface area contributed by atoms with Crippen LogP contribution in [0, 0.1) is 0 Å². The fourth-order valence-corrected chi connectivity index (χ4v) is 5.24. The molecular weight excluding hydrogens is 408 g/mol. The first-order chi connectivity index (χ1) is 15.1. The number of sulfone groups is 1. The molecule has 3 aromatic rings. The van der Waals surface area contributed by atoms with Crippen LogP contribution in [-0.4, -0.2) is 43.0 Å². The van der Waals surface area contributed by atoms with Gasteiger partial charge in [-0.15, -0.1) is 0 Å². The lowest BCUT2D eigenvalue weighted by Gasteiger charge is -2.27. The Labute approximate surface area is 183 Å². The molecule has 1 saturated heterocycles. The first-order valence-corrected chi connectivity index (χ1v) is 12.6. The van der Waals surface area contributed by atoms with Gasteiger partial charge in [-0.2, -0.15) is 4.98 Å². The van der Waals surface area contributed by atoms with Crippen LogP contribution in [0.5, 0.6) is 0 Å². The number of nitrogens with zero attached hydrogens (tertiary/aromatic N) is 3. The van der Waals surface area contributed by atoms with E-state index in [-0.39, 0.29) is 11.5 Å². The highest BCUT2D eigenvalue weighted by molar-refractivity contribution is 7.91. The van der Waals surface area contributed by atoms with Gasteiger partial charge >= 0.3 is 0 Å². The van der Waals surface area contributed by atoms with Gasteiger partial charge in [0.05, 0.1) is 17.2 Å². The first-order valence-electron chi connectivity index (χ1n) is 10.8. The first kappa shape index (κ1) is 20.0. The van der Waals surface area contributed by atoms with Gasteiger partial charge in [0.25, 0.3) is 0 Å². The lowest BCUT2D eigenvalue weighted by atomic mass is 9.80. The summed E-state index contributed by atoms with van der Waals surface area (Å²) in [5.41, 5.74) is 4.19. The quantitative estimate of drug-likeness (QED) is 0.642. The van der Waals surface area contributed by atoms with E-state index in [9.17, 15) is 8.42 Å². The third-order valence-electron chi connectivity index (χ3n) is 6.17. The summed E-state index contributed by atoms with van der Waals surface area (Å²) in [6, 6.07) is 20.5. The molecule has 31 heavy (non-hydrogen) atoms. The van der Waals surface area contributed by atoms with Crippen molar-refractivity contribution in [3.8, 4) is 11.3 Å². The number of anilines is 3. The maximum Gasteiger partial charge on any atom is 0.227 e. The van der Waals surface area contributed by atoms with Crippen molar-refractivity contribution in [2.24, 2.45) is 0 Å².